The van der Waals surface area contributed by atoms with Gasteiger partial charge in [-0.15, -0.1) is 5.53 Å². The van der Waals surface area contributed by atoms with E-state index in [4.69, 9.17) is 0 Å². The topological polar surface area (TPSA) is 88.2 Å². The van der Waals surface area contributed by atoms with Crippen molar-refractivity contribution in [3.05, 3.63) is 54.7 Å². The van der Waals surface area contributed by atoms with E-state index in [0.29, 0.717) is 23.6 Å². The van der Waals surface area contributed by atoms with Crippen molar-refractivity contribution in [1.82, 2.24) is 34.9 Å². The van der Waals surface area contributed by atoms with Crippen molar-refractivity contribution in [3.63, 3.8) is 0 Å². The molecule has 0 unspecified atom stereocenters. The maximum absolute atomic E-state index is 12.6. The summed E-state index contributed by atoms with van der Waals surface area (Å²) in [7, 11) is 0. The number of pyridine rings is 2. The molecule has 4 aromatic heterocycles. The number of aromatic nitrogens is 6. The van der Waals surface area contributed by atoms with E-state index in [1.165, 1.54) is 18.7 Å². The van der Waals surface area contributed by atoms with Crippen LogP contribution < -0.4 is 16.0 Å². The van der Waals surface area contributed by atoms with Crippen LogP contribution in [0.3, 0.4) is 0 Å². The predicted octanol–water partition coefficient (Wildman–Crippen LogP) is 2.40. The second kappa shape index (κ2) is 6.44. The van der Waals surface area contributed by atoms with E-state index in [0.717, 1.165) is 21.6 Å². The van der Waals surface area contributed by atoms with Crippen LogP contribution in [0.5, 0.6) is 0 Å². The lowest BCUT2D eigenvalue weighted by Crippen LogP contribution is -2.35. The average Bonchev–Trinajstić information content (AvgIpc) is 3.40. The molecule has 9 nitrogen and oxygen atoms in total. The minimum absolute atomic E-state index is 0.486. The summed E-state index contributed by atoms with van der Waals surface area (Å²) in [6.07, 6.45) is 1.73. The highest BCUT2D eigenvalue weighted by Gasteiger charge is 2.28. The largest absolute Gasteiger partial charge is 0.408 e. The van der Waals surface area contributed by atoms with Crippen LogP contribution in [-0.4, -0.2) is 35.5 Å². The Labute approximate surface area is 161 Å². The van der Waals surface area contributed by atoms with E-state index < -0.39 is 12.7 Å². The summed E-state index contributed by atoms with van der Waals surface area (Å²) in [5.74, 6) is 0.629. The zero-order valence-electron chi connectivity index (χ0n) is 14.8. The summed E-state index contributed by atoms with van der Waals surface area (Å²) in [6.45, 7) is -0.655. The molecule has 0 amide bonds. The number of anilines is 2. The number of fused-ring (bicyclic) bond motifs is 2. The van der Waals surface area contributed by atoms with Gasteiger partial charge in [-0.2, -0.15) is 23.4 Å². The second-order valence-electron chi connectivity index (χ2n) is 6.53. The van der Waals surface area contributed by atoms with Crippen molar-refractivity contribution in [2.24, 2.45) is 0 Å². The Balaban J connectivity index is 1.40. The normalized spacial score (nSPS) is 13.7. The smallest absolute Gasteiger partial charge is 0.300 e. The van der Waals surface area contributed by atoms with Gasteiger partial charge in [0.1, 0.15) is 12.9 Å². The molecular weight excluding hydrogens is 387 g/mol. The van der Waals surface area contributed by atoms with E-state index in [1.807, 2.05) is 24.4 Å². The molecule has 5 rings (SSSR count). The molecule has 12 heteroatoms. The number of nitrogens with zero attached hydrogens (tertiary/aromatic N) is 7. The molecule has 1 aliphatic rings. The Bertz CT molecular complexity index is 1180. The molecule has 29 heavy (non-hydrogen) atoms. The van der Waals surface area contributed by atoms with Crippen LogP contribution in [0.4, 0.5) is 24.7 Å². The number of nitrogens with one attached hydrogen (secondary N) is 2. The highest BCUT2D eigenvalue weighted by atomic mass is 19.4. The minimum atomic E-state index is -4.33. The fourth-order valence-corrected chi connectivity index (χ4v) is 3.11. The molecule has 0 spiro atoms. The number of hydrazine groups is 2. The van der Waals surface area contributed by atoms with Crippen molar-refractivity contribution >= 4 is 17.2 Å². The van der Waals surface area contributed by atoms with Gasteiger partial charge in [-0.25, -0.2) is 14.5 Å². The lowest BCUT2D eigenvalue weighted by molar-refractivity contribution is -0.142. The lowest BCUT2D eigenvalue weighted by Gasteiger charge is -2.17. The van der Waals surface area contributed by atoms with Gasteiger partial charge in [0.2, 0.25) is 0 Å². The van der Waals surface area contributed by atoms with Crippen LogP contribution in [0.15, 0.2) is 49.2 Å². The van der Waals surface area contributed by atoms with E-state index in [1.54, 1.807) is 15.6 Å². The first-order valence-corrected chi connectivity index (χ1v) is 8.63. The van der Waals surface area contributed by atoms with Crippen LogP contribution in [0.1, 0.15) is 5.56 Å². The molecule has 0 radical (unpaired) electrons. The van der Waals surface area contributed by atoms with Crippen molar-refractivity contribution < 1.29 is 13.2 Å². The van der Waals surface area contributed by atoms with Crippen molar-refractivity contribution in [2.45, 2.75) is 19.3 Å². The molecule has 0 atom stereocenters. The Morgan fingerprint density at radius 1 is 1.03 bits per heavy atom. The van der Waals surface area contributed by atoms with Gasteiger partial charge in [-0.1, -0.05) is 6.07 Å². The molecule has 4 aromatic rings. The van der Waals surface area contributed by atoms with Crippen molar-refractivity contribution in [3.8, 4) is 11.3 Å². The van der Waals surface area contributed by atoms with Crippen LogP contribution in [-0.2, 0) is 13.1 Å². The standard InChI is InChI=1S/C17H14F3N9/c18-17(19,20)9-27-8-12(5-22-27)13-2-3-14-16(24-13)29(26-25-14)7-11-1-4-15-21-10-23-28(15)6-11/h1-6,8,10,25-26H,7,9H2. The monoisotopic (exact) mass is 401 g/mol. The van der Waals surface area contributed by atoms with Gasteiger partial charge in [0.05, 0.1) is 24.1 Å². The molecule has 0 saturated carbocycles. The molecule has 5 heterocycles. The Kier molecular flexibility index (Phi) is 3.87. The summed E-state index contributed by atoms with van der Waals surface area (Å²) in [6, 6.07) is 7.35. The maximum atomic E-state index is 12.6. The minimum Gasteiger partial charge on any atom is -0.300 e. The molecule has 0 aromatic carbocycles. The SMILES string of the molecule is FC(F)(F)Cn1cc(-c2ccc3c(n2)N(Cc2ccc4ncnn4c2)NN3)cn1. The molecule has 2 N–H and O–H groups in total. The maximum Gasteiger partial charge on any atom is 0.408 e. The average molecular weight is 401 g/mol. The number of halogens is 3. The molecule has 148 valence electrons. The zero-order chi connectivity index (χ0) is 20.0. The molecule has 0 bridgehead atoms. The van der Waals surface area contributed by atoms with Crippen molar-refractivity contribution in [2.75, 3.05) is 10.4 Å². The Morgan fingerprint density at radius 2 is 1.93 bits per heavy atom. The van der Waals surface area contributed by atoms with Crippen LogP contribution in [0, 0.1) is 0 Å². The molecule has 1 aliphatic heterocycles. The van der Waals surface area contributed by atoms with Crippen LogP contribution >= 0.6 is 0 Å². The first-order valence-electron chi connectivity index (χ1n) is 8.63. The van der Waals surface area contributed by atoms with Gasteiger partial charge in [0.15, 0.2) is 11.5 Å². The lowest BCUT2D eigenvalue weighted by atomic mass is 10.2. The number of rotatable bonds is 4. The summed E-state index contributed by atoms with van der Waals surface area (Å²) in [5, 5.41) is 9.71. The summed E-state index contributed by atoms with van der Waals surface area (Å²) in [4.78, 5) is 8.71. The first kappa shape index (κ1) is 17.4. The Hall–Kier alpha value is -3.67. The molecule has 0 aliphatic carbocycles. The fraction of sp³-hybridized carbons (Fsp3) is 0.176. The number of hydrogen-bond acceptors (Lipinski definition) is 7. The van der Waals surface area contributed by atoms with E-state index in [-0.39, 0.29) is 0 Å². The Morgan fingerprint density at radius 3 is 2.79 bits per heavy atom. The van der Waals surface area contributed by atoms with Gasteiger partial charge in [0, 0.05) is 18.0 Å². The van der Waals surface area contributed by atoms with E-state index in [2.05, 4.69) is 31.1 Å². The van der Waals surface area contributed by atoms with Gasteiger partial charge < -0.3 is 5.43 Å². The second-order valence-corrected chi connectivity index (χ2v) is 6.53. The summed E-state index contributed by atoms with van der Waals surface area (Å²) >= 11 is 0. The molecule has 0 saturated heterocycles. The third kappa shape index (κ3) is 3.45. The quantitative estimate of drug-likeness (QED) is 0.543. The molecular formula is C17H14F3N9. The van der Waals surface area contributed by atoms with Gasteiger partial charge in [0.25, 0.3) is 0 Å². The van der Waals surface area contributed by atoms with Gasteiger partial charge >= 0.3 is 6.18 Å². The number of alkyl halides is 3. The van der Waals surface area contributed by atoms with E-state index in [9.17, 15) is 13.2 Å². The predicted molar refractivity (Wildman–Crippen MR) is 97.4 cm³/mol. The zero-order valence-corrected chi connectivity index (χ0v) is 14.8. The fourth-order valence-electron chi connectivity index (χ4n) is 3.11. The van der Waals surface area contributed by atoms with Gasteiger partial charge in [-0.05, 0) is 23.8 Å². The van der Waals surface area contributed by atoms with Crippen molar-refractivity contribution in [1.29, 1.82) is 0 Å². The first-order chi connectivity index (χ1) is 13.9. The third-order valence-corrected chi connectivity index (χ3v) is 4.40. The molecule has 0 fully saturated rings. The van der Waals surface area contributed by atoms with Gasteiger partial charge in [-0.3, -0.25) is 9.69 Å². The van der Waals surface area contributed by atoms with Crippen LogP contribution in [0.25, 0.3) is 16.9 Å². The summed E-state index contributed by atoms with van der Waals surface area (Å²) < 4.78 is 40.2. The highest BCUT2D eigenvalue weighted by Crippen LogP contribution is 2.31. The highest BCUT2D eigenvalue weighted by molar-refractivity contribution is 5.73. The van der Waals surface area contributed by atoms with Crippen LogP contribution in [0.2, 0.25) is 0 Å². The third-order valence-electron chi connectivity index (χ3n) is 4.40. The summed E-state index contributed by atoms with van der Waals surface area (Å²) in [5.41, 5.74) is 9.57. The number of hydrogen-bond donors (Lipinski definition) is 2. The van der Waals surface area contributed by atoms with E-state index >= 15 is 0 Å².